The van der Waals surface area contributed by atoms with Gasteiger partial charge in [0.1, 0.15) is 11.4 Å². The van der Waals surface area contributed by atoms with Gasteiger partial charge >= 0.3 is 0 Å². The second-order valence-electron chi connectivity index (χ2n) is 5.02. The Morgan fingerprint density at radius 2 is 1.95 bits per heavy atom. The van der Waals surface area contributed by atoms with Gasteiger partial charge in [0.2, 0.25) is 0 Å². The lowest BCUT2D eigenvalue weighted by atomic mass is 9.96. The molecule has 0 spiro atoms. The number of hydrogen-bond donors (Lipinski definition) is 0. The molecule has 98 valence electrons. The lowest BCUT2D eigenvalue weighted by molar-refractivity contribution is 0.111. The highest BCUT2D eigenvalue weighted by molar-refractivity contribution is 7.99. The van der Waals surface area contributed by atoms with Crippen LogP contribution in [0, 0.1) is 20.8 Å². The van der Waals surface area contributed by atoms with Crippen LogP contribution in [0.15, 0.2) is 17.3 Å². The molecule has 0 amide bonds. The van der Waals surface area contributed by atoms with Crippen molar-refractivity contribution in [2.45, 2.75) is 32.5 Å². The van der Waals surface area contributed by atoms with Gasteiger partial charge in [-0.25, -0.2) is 4.98 Å². The average Bonchev–Trinajstić information content (AvgIpc) is 2.87. The number of fused-ring (bicyclic) bond motifs is 1. The SMILES string of the molecule is Cc1cc(C)c(-c2nc3n(c2C=O)CCS3)c(C)c1. The Balaban J connectivity index is 2.26. The van der Waals surface area contributed by atoms with Gasteiger partial charge in [0, 0.05) is 17.9 Å². The molecule has 0 saturated heterocycles. The van der Waals surface area contributed by atoms with E-state index >= 15 is 0 Å². The summed E-state index contributed by atoms with van der Waals surface area (Å²) in [5.74, 6) is 1.01. The first-order valence-corrected chi connectivity index (χ1v) is 7.37. The van der Waals surface area contributed by atoms with E-state index in [1.54, 1.807) is 11.8 Å². The standard InChI is InChI=1S/C15H16N2OS/c1-9-6-10(2)13(11(3)7-9)14-12(8-18)17-4-5-19-15(17)16-14/h6-8H,4-5H2,1-3H3. The Morgan fingerprint density at radius 3 is 2.58 bits per heavy atom. The zero-order valence-electron chi connectivity index (χ0n) is 11.4. The molecular weight excluding hydrogens is 256 g/mol. The minimum Gasteiger partial charge on any atom is -0.315 e. The number of benzene rings is 1. The van der Waals surface area contributed by atoms with Crippen molar-refractivity contribution in [2.75, 3.05) is 5.75 Å². The lowest BCUT2D eigenvalue weighted by Crippen LogP contribution is -2.01. The number of thioether (sulfide) groups is 1. The molecule has 3 nitrogen and oxygen atoms in total. The maximum atomic E-state index is 11.4. The van der Waals surface area contributed by atoms with Crippen LogP contribution in [0.5, 0.6) is 0 Å². The number of carbonyl (C=O) groups excluding carboxylic acids is 1. The summed E-state index contributed by atoms with van der Waals surface area (Å²) in [6, 6.07) is 4.29. The number of rotatable bonds is 2. The molecule has 0 radical (unpaired) electrons. The molecule has 1 aliphatic heterocycles. The lowest BCUT2D eigenvalue weighted by Gasteiger charge is -2.10. The number of nitrogens with zero attached hydrogens (tertiary/aromatic N) is 2. The third-order valence-electron chi connectivity index (χ3n) is 3.54. The molecule has 0 saturated carbocycles. The number of imidazole rings is 1. The van der Waals surface area contributed by atoms with Crippen LogP contribution in [-0.2, 0) is 6.54 Å². The van der Waals surface area contributed by atoms with E-state index in [1.807, 2.05) is 4.57 Å². The molecule has 0 unspecified atom stereocenters. The molecule has 0 atom stereocenters. The fourth-order valence-electron chi connectivity index (χ4n) is 2.86. The zero-order valence-corrected chi connectivity index (χ0v) is 12.2. The van der Waals surface area contributed by atoms with Crippen molar-refractivity contribution < 1.29 is 4.79 Å². The first-order valence-electron chi connectivity index (χ1n) is 6.38. The topological polar surface area (TPSA) is 34.9 Å². The van der Waals surface area contributed by atoms with Crippen LogP contribution in [0.2, 0.25) is 0 Å². The van der Waals surface area contributed by atoms with E-state index in [0.717, 1.165) is 40.7 Å². The van der Waals surface area contributed by atoms with Crippen molar-refractivity contribution in [3.63, 3.8) is 0 Å². The number of hydrogen-bond acceptors (Lipinski definition) is 3. The highest BCUT2D eigenvalue weighted by Crippen LogP contribution is 2.35. The summed E-state index contributed by atoms with van der Waals surface area (Å²) in [7, 11) is 0. The quantitative estimate of drug-likeness (QED) is 0.786. The molecule has 0 bridgehead atoms. The molecule has 1 aromatic heterocycles. The van der Waals surface area contributed by atoms with Crippen molar-refractivity contribution in [1.82, 2.24) is 9.55 Å². The summed E-state index contributed by atoms with van der Waals surface area (Å²) < 4.78 is 2.03. The van der Waals surface area contributed by atoms with Crippen molar-refractivity contribution in [3.8, 4) is 11.3 Å². The fourth-order valence-corrected chi connectivity index (χ4v) is 3.81. The Kier molecular flexibility index (Phi) is 2.97. The molecule has 2 aromatic rings. The normalized spacial score (nSPS) is 13.6. The van der Waals surface area contributed by atoms with Gasteiger partial charge in [0.05, 0.1) is 0 Å². The summed E-state index contributed by atoms with van der Waals surface area (Å²) in [5.41, 5.74) is 6.27. The summed E-state index contributed by atoms with van der Waals surface area (Å²) in [6.45, 7) is 7.14. The Morgan fingerprint density at radius 1 is 1.26 bits per heavy atom. The minimum absolute atomic E-state index is 0.718. The molecule has 4 heteroatoms. The molecule has 2 heterocycles. The number of aldehydes is 1. The number of carbonyl (C=O) groups is 1. The third-order valence-corrected chi connectivity index (χ3v) is 4.50. The van der Waals surface area contributed by atoms with Crippen LogP contribution >= 0.6 is 11.8 Å². The van der Waals surface area contributed by atoms with Gasteiger partial charge in [0.25, 0.3) is 0 Å². The largest absolute Gasteiger partial charge is 0.315 e. The molecule has 0 aliphatic carbocycles. The van der Waals surface area contributed by atoms with E-state index in [-0.39, 0.29) is 0 Å². The van der Waals surface area contributed by atoms with Crippen LogP contribution in [0.1, 0.15) is 27.2 Å². The second-order valence-corrected chi connectivity index (χ2v) is 6.08. The van der Waals surface area contributed by atoms with Gasteiger partial charge in [-0.2, -0.15) is 0 Å². The molecule has 19 heavy (non-hydrogen) atoms. The summed E-state index contributed by atoms with van der Waals surface area (Å²) >= 11 is 1.72. The van der Waals surface area contributed by atoms with Gasteiger partial charge < -0.3 is 4.57 Å². The first kappa shape index (κ1) is 12.5. The minimum atomic E-state index is 0.718. The highest BCUT2D eigenvalue weighted by atomic mass is 32.2. The Bertz CT molecular complexity index is 650. The van der Waals surface area contributed by atoms with Gasteiger partial charge in [-0.3, -0.25) is 4.79 Å². The van der Waals surface area contributed by atoms with Crippen LogP contribution in [-0.4, -0.2) is 21.6 Å². The molecule has 0 N–H and O–H groups in total. The smallest absolute Gasteiger partial charge is 0.169 e. The highest BCUT2D eigenvalue weighted by Gasteiger charge is 2.23. The average molecular weight is 272 g/mol. The van der Waals surface area contributed by atoms with Gasteiger partial charge in [-0.15, -0.1) is 0 Å². The zero-order chi connectivity index (χ0) is 13.6. The molecular formula is C15H16N2OS. The maximum absolute atomic E-state index is 11.4. The Hall–Kier alpha value is -1.55. The van der Waals surface area contributed by atoms with Crippen molar-refractivity contribution in [2.24, 2.45) is 0 Å². The van der Waals surface area contributed by atoms with Gasteiger partial charge in [-0.05, 0) is 31.9 Å². The predicted octanol–water partition coefficient (Wildman–Crippen LogP) is 3.39. The van der Waals surface area contributed by atoms with Gasteiger partial charge in [-0.1, -0.05) is 29.5 Å². The van der Waals surface area contributed by atoms with E-state index in [0.29, 0.717) is 0 Å². The summed E-state index contributed by atoms with van der Waals surface area (Å²) in [5, 5.41) is 0.969. The first-order chi connectivity index (χ1) is 9.11. The maximum Gasteiger partial charge on any atom is 0.169 e. The summed E-state index contributed by atoms with van der Waals surface area (Å²) in [4.78, 5) is 16.1. The number of aromatic nitrogens is 2. The van der Waals surface area contributed by atoms with Crippen LogP contribution < -0.4 is 0 Å². The van der Waals surface area contributed by atoms with Crippen molar-refractivity contribution in [3.05, 3.63) is 34.5 Å². The van der Waals surface area contributed by atoms with E-state index in [4.69, 9.17) is 0 Å². The van der Waals surface area contributed by atoms with E-state index in [2.05, 4.69) is 37.9 Å². The van der Waals surface area contributed by atoms with E-state index < -0.39 is 0 Å². The molecule has 1 aliphatic rings. The second kappa shape index (κ2) is 4.53. The van der Waals surface area contributed by atoms with Crippen LogP contribution in [0.4, 0.5) is 0 Å². The third kappa shape index (κ3) is 1.91. The van der Waals surface area contributed by atoms with E-state index in [1.165, 1.54) is 16.7 Å². The molecule has 1 aromatic carbocycles. The Labute approximate surface area is 117 Å². The summed E-state index contributed by atoms with van der Waals surface area (Å²) in [6.07, 6.45) is 0.941. The van der Waals surface area contributed by atoms with Crippen molar-refractivity contribution >= 4 is 18.0 Å². The fraction of sp³-hybridized carbons (Fsp3) is 0.333. The predicted molar refractivity (Wildman–Crippen MR) is 78.0 cm³/mol. The van der Waals surface area contributed by atoms with E-state index in [9.17, 15) is 4.79 Å². The monoisotopic (exact) mass is 272 g/mol. The van der Waals surface area contributed by atoms with Crippen LogP contribution in [0.25, 0.3) is 11.3 Å². The number of aryl methyl sites for hydroxylation is 3. The van der Waals surface area contributed by atoms with Crippen molar-refractivity contribution in [1.29, 1.82) is 0 Å². The molecule has 0 fully saturated rings. The van der Waals surface area contributed by atoms with Crippen LogP contribution in [0.3, 0.4) is 0 Å². The molecule has 3 rings (SSSR count). The van der Waals surface area contributed by atoms with Gasteiger partial charge in [0.15, 0.2) is 11.4 Å².